The average Bonchev–Trinajstić information content (AvgIpc) is 3.96. The summed E-state index contributed by atoms with van der Waals surface area (Å²) in [6.07, 6.45) is 1.06. The largest absolute Gasteiger partial charge is 0.453 e. The molecule has 2 amide bonds. The summed E-state index contributed by atoms with van der Waals surface area (Å²) in [6, 6.07) is 24.3. The maximum absolute atomic E-state index is 14.7. The molecule has 59 heavy (non-hydrogen) atoms. The van der Waals surface area contributed by atoms with E-state index in [1.54, 1.807) is 22.3 Å². The first-order chi connectivity index (χ1) is 28.1. The van der Waals surface area contributed by atoms with E-state index in [0.717, 1.165) is 34.2 Å². The molecule has 3 aromatic carbocycles. The van der Waals surface area contributed by atoms with Gasteiger partial charge < -0.3 is 24.8 Å². The van der Waals surface area contributed by atoms with Crippen molar-refractivity contribution in [3.63, 3.8) is 0 Å². The number of hydrogen-bond donors (Lipinski definition) is 3. The lowest BCUT2D eigenvalue weighted by Crippen LogP contribution is -2.54. The summed E-state index contributed by atoms with van der Waals surface area (Å²) < 4.78 is 46.9. The number of anilines is 1. The fourth-order valence-corrected chi connectivity index (χ4v) is 9.73. The van der Waals surface area contributed by atoms with E-state index in [9.17, 15) is 33.0 Å². The summed E-state index contributed by atoms with van der Waals surface area (Å²) in [6.45, 7) is 4.53. The molecule has 2 bridgehead atoms. The molecular formula is C47H48ClF3N2O5S. The second-order valence-electron chi connectivity index (χ2n) is 16.2. The number of furan rings is 1. The third-order valence-electron chi connectivity index (χ3n) is 12.3. The molecule has 3 aliphatic carbocycles. The predicted molar refractivity (Wildman–Crippen MR) is 226 cm³/mol. The smallest absolute Gasteiger partial charge is 0.416 e. The summed E-state index contributed by atoms with van der Waals surface area (Å²) in [7, 11) is 0. The van der Waals surface area contributed by atoms with Crippen molar-refractivity contribution in [2.75, 3.05) is 18.4 Å². The Kier molecular flexibility index (Phi) is 12.6. The van der Waals surface area contributed by atoms with Gasteiger partial charge in [0.25, 0.3) is 0 Å². The minimum atomic E-state index is -4.61. The van der Waals surface area contributed by atoms with E-state index >= 15 is 0 Å². The van der Waals surface area contributed by atoms with E-state index in [0.29, 0.717) is 74.7 Å². The number of alkyl halides is 3. The zero-order valence-corrected chi connectivity index (χ0v) is 34.6. The van der Waals surface area contributed by atoms with Gasteiger partial charge in [-0.2, -0.15) is 13.2 Å². The van der Waals surface area contributed by atoms with Gasteiger partial charge in [-0.3, -0.25) is 4.79 Å². The van der Waals surface area contributed by atoms with Gasteiger partial charge in [-0.1, -0.05) is 66.6 Å². The number of thiophene rings is 1. The van der Waals surface area contributed by atoms with Gasteiger partial charge in [0, 0.05) is 33.7 Å². The van der Waals surface area contributed by atoms with Gasteiger partial charge in [-0.25, -0.2) is 4.79 Å². The van der Waals surface area contributed by atoms with Crippen LogP contribution in [0.15, 0.2) is 112 Å². The maximum Gasteiger partial charge on any atom is 0.416 e. The van der Waals surface area contributed by atoms with E-state index < -0.39 is 34.6 Å². The molecule has 4 atom stereocenters. The third kappa shape index (κ3) is 9.39. The van der Waals surface area contributed by atoms with Crippen molar-refractivity contribution in [3.8, 4) is 11.3 Å². The number of fused-ring (bicyclic) bond motifs is 8. The summed E-state index contributed by atoms with van der Waals surface area (Å²) in [5, 5.41) is 29.2. The summed E-state index contributed by atoms with van der Waals surface area (Å²) >= 11 is 7.96. The standard InChI is InChI=1S/C47H48ClF3N2O5S/c1-30-8-6-22-45(2)39(20-23-46(45,57)29-53(24-21-35-11-7-25-59-35)44(56)52-33-9-4-3-5-10-33)36-16-13-31(26-34(54)15-12-30)27-37(36)43(55)42-19-18-41(58-42)38-28-32(47(49,50)51)14-17-40(38)48/h3-5,7-11,13-14,16-19,25,27-28,34,39,54,57H,6,12,15,20-24,26,29H2,1-2H3,(H,52,56)/t34-,39-,45-,46+/m0/s1. The lowest BCUT2D eigenvalue weighted by atomic mass is 9.64. The monoisotopic (exact) mass is 844 g/mol. The molecule has 1 saturated carbocycles. The SMILES string of the molecule is CC1=CCC[C@@]2(C)[C@@H](CC[C@@]2(O)CN(CCc2cccs2)C(=O)Nc2ccccc2)c2ccc(cc2C(=O)c2ccc(-c3cc(C(F)(F)F)ccc3Cl)o2)C[C@@H](O)CC1. The number of rotatable bonds is 9. The molecule has 12 heteroatoms. The van der Waals surface area contributed by atoms with Gasteiger partial charge in [-0.05, 0) is 135 Å². The van der Waals surface area contributed by atoms with E-state index in [1.807, 2.05) is 66.9 Å². The van der Waals surface area contributed by atoms with Gasteiger partial charge >= 0.3 is 12.2 Å². The number of para-hydroxylation sites is 1. The molecule has 7 nitrogen and oxygen atoms in total. The third-order valence-corrected chi connectivity index (χ3v) is 13.5. The highest BCUT2D eigenvalue weighted by atomic mass is 35.5. The van der Waals surface area contributed by atoms with Gasteiger partial charge in [-0.15, -0.1) is 11.3 Å². The van der Waals surface area contributed by atoms with Crippen LogP contribution in [0.25, 0.3) is 11.3 Å². The van der Waals surface area contributed by atoms with Crippen LogP contribution in [0, 0.1) is 5.41 Å². The molecule has 2 heterocycles. The number of aliphatic hydroxyl groups excluding tert-OH is 1. The van der Waals surface area contributed by atoms with Crippen LogP contribution in [0.5, 0.6) is 0 Å². The Morgan fingerprint density at radius 1 is 1.00 bits per heavy atom. The first-order valence-corrected chi connectivity index (χ1v) is 21.2. The topological polar surface area (TPSA) is 103 Å². The fraction of sp³-hybridized carbons (Fsp3) is 0.362. The Bertz CT molecular complexity index is 2310. The Morgan fingerprint density at radius 2 is 1.80 bits per heavy atom. The molecule has 310 valence electrons. The van der Waals surface area contributed by atoms with Crippen LogP contribution in [-0.4, -0.2) is 51.7 Å². The minimum absolute atomic E-state index is 0.00353. The molecule has 0 unspecified atom stereocenters. The second kappa shape index (κ2) is 17.5. The summed E-state index contributed by atoms with van der Waals surface area (Å²) in [4.78, 5) is 31.5. The molecule has 0 radical (unpaired) electrons. The molecular weight excluding hydrogens is 797 g/mol. The Hall–Kier alpha value is -4.68. The van der Waals surface area contributed by atoms with E-state index in [-0.39, 0.29) is 40.6 Å². The second-order valence-corrected chi connectivity index (χ2v) is 17.6. The highest BCUT2D eigenvalue weighted by Gasteiger charge is 2.57. The predicted octanol–water partition coefficient (Wildman–Crippen LogP) is 11.7. The van der Waals surface area contributed by atoms with Crippen LogP contribution in [0.2, 0.25) is 5.02 Å². The number of ketones is 1. The van der Waals surface area contributed by atoms with Crippen molar-refractivity contribution >= 4 is 40.4 Å². The molecule has 3 N–H and O–H groups in total. The van der Waals surface area contributed by atoms with E-state index in [1.165, 1.54) is 12.1 Å². The van der Waals surface area contributed by atoms with Crippen molar-refractivity contribution in [2.24, 2.45) is 5.41 Å². The molecule has 5 aromatic rings. The van der Waals surface area contributed by atoms with Crippen LogP contribution in [0.3, 0.4) is 0 Å². The number of carbonyl (C=O) groups excluding carboxylic acids is 2. The number of halogens is 4. The minimum Gasteiger partial charge on any atom is -0.453 e. The number of allylic oxidation sites excluding steroid dienone is 2. The van der Waals surface area contributed by atoms with E-state index in [4.69, 9.17) is 16.0 Å². The normalized spacial score (nSPS) is 22.3. The Morgan fingerprint density at radius 3 is 2.54 bits per heavy atom. The number of amides is 2. The molecule has 3 aliphatic rings. The fourth-order valence-electron chi connectivity index (χ4n) is 8.82. The first-order valence-electron chi connectivity index (χ1n) is 20.0. The molecule has 0 saturated heterocycles. The van der Waals surface area contributed by atoms with Gasteiger partial charge in [0.1, 0.15) is 5.76 Å². The highest BCUT2D eigenvalue weighted by Crippen LogP contribution is 2.59. The van der Waals surface area contributed by atoms with Crippen molar-refractivity contribution < 1.29 is 37.4 Å². The van der Waals surface area contributed by atoms with Gasteiger partial charge in [0.2, 0.25) is 5.78 Å². The highest BCUT2D eigenvalue weighted by molar-refractivity contribution is 7.09. The van der Waals surface area contributed by atoms with Crippen molar-refractivity contribution in [3.05, 3.63) is 146 Å². The number of hydrogen-bond acceptors (Lipinski definition) is 6. The van der Waals surface area contributed by atoms with Crippen molar-refractivity contribution in [1.29, 1.82) is 0 Å². The van der Waals surface area contributed by atoms with Crippen LogP contribution >= 0.6 is 22.9 Å². The number of nitrogens with zero attached hydrogens (tertiary/aromatic N) is 1. The van der Waals surface area contributed by atoms with Crippen LogP contribution in [0.4, 0.5) is 23.7 Å². The molecule has 0 aliphatic heterocycles. The number of aliphatic hydroxyl groups is 2. The Balaban J connectivity index is 1.27. The van der Waals surface area contributed by atoms with Crippen molar-refractivity contribution in [2.45, 2.75) is 89.0 Å². The van der Waals surface area contributed by atoms with Gasteiger partial charge in [0.15, 0.2) is 5.76 Å². The number of carbonyl (C=O) groups is 2. The quantitative estimate of drug-likeness (QED) is 0.101. The number of nitrogens with one attached hydrogen (secondary N) is 1. The first kappa shape index (κ1) is 42.4. The number of urea groups is 1. The zero-order chi connectivity index (χ0) is 42.0. The summed E-state index contributed by atoms with van der Waals surface area (Å²) in [5.41, 5.74) is 0.442. The number of benzene rings is 3. The van der Waals surface area contributed by atoms with Crippen LogP contribution in [0.1, 0.15) is 96.0 Å². The zero-order valence-electron chi connectivity index (χ0n) is 33.0. The van der Waals surface area contributed by atoms with E-state index in [2.05, 4.69) is 18.3 Å². The molecule has 1 fully saturated rings. The molecule has 2 aromatic heterocycles. The van der Waals surface area contributed by atoms with Crippen molar-refractivity contribution in [1.82, 2.24) is 4.90 Å². The van der Waals surface area contributed by atoms with Crippen LogP contribution < -0.4 is 5.32 Å². The lowest BCUT2D eigenvalue weighted by molar-refractivity contribution is -0.137. The van der Waals surface area contributed by atoms with Crippen LogP contribution in [-0.2, 0) is 19.0 Å². The molecule has 8 rings (SSSR count). The maximum atomic E-state index is 14.7. The van der Waals surface area contributed by atoms with Gasteiger partial charge in [0.05, 0.1) is 28.8 Å². The molecule has 0 spiro atoms. The Labute approximate surface area is 351 Å². The average molecular weight is 845 g/mol. The summed E-state index contributed by atoms with van der Waals surface area (Å²) in [5.74, 6) is -0.894. The lowest BCUT2D eigenvalue weighted by Gasteiger charge is -2.46.